The van der Waals surface area contributed by atoms with Crippen LogP contribution in [0.25, 0.3) is 0 Å². The van der Waals surface area contributed by atoms with Gasteiger partial charge in [0, 0.05) is 0 Å². The van der Waals surface area contributed by atoms with Gasteiger partial charge in [0.05, 0.1) is 12.5 Å². The average Bonchev–Trinajstić information content (AvgIpc) is 2.15. The Bertz CT molecular complexity index is 162. The van der Waals surface area contributed by atoms with E-state index in [-0.39, 0.29) is 6.42 Å². The van der Waals surface area contributed by atoms with Crippen LogP contribution < -0.4 is 0 Å². The molecule has 0 bridgehead atoms. The zero-order chi connectivity index (χ0) is 11.5. The van der Waals surface area contributed by atoms with Crippen LogP contribution in [0, 0.1) is 0 Å². The number of carbonyl (C=O) groups is 1. The first-order chi connectivity index (χ1) is 7.16. The lowest BCUT2D eigenvalue weighted by atomic mass is 10.1. The van der Waals surface area contributed by atoms with E-state index in [0.29, 0.717) is 6.42 Å². The lowest BCUT2D eigenvalue weighted by Crippen LogP contribution is -2.12. The molecular weight excluding hydrogens is 212 g/mol. The molecule has 0 aliphatic rings. The zero-order valence-corrected chi connectivity index (χ0v) is 10.3. The van der Waals surface area contributed by atoms with Gasteiger partial charge in [0.25, 0.3) is 0 Å². The number of aliphatic hydroxyl groups excluding tert-OH is 1. The van der Waals surface area contributed by atoms with Gasteiger partial charge >= 0.3 is 5.97 Å². The number of unbranched alkanes of at least 4 members (excludes halogenated alkanes) is 2. The van der Waals surface area contributed by atoms with Gasteiger partial charge in [-0.15, -0.1) is 0 Å². The molecule has 2 N–H and O–H groups in total. The van der Waals surface area contributed by atoms with Gasteiger partial charge in [0.1, 0.15) is 0 Å². The smallest absolute Gasteiger partial charge is 0.305 e. The van der Waals surface area contributed by atoms with Crippen molar-refractivity contribution >= 4 is 17.7 Å². The number of carboxylic acids is 1. The minimum atomic E-state index is -0.916. The number of rotatable bonds is 10. The monoisotopic (exact) mass is 234 g/mol. The van der Waals surface area contributed by atoms with Crippen LogP contribution in [0.2, 0.25) is 0 Å². The van der Waals surface area contributed by atoms with Crippen LogP contribution in [-0.2, 0) is 4.79 Å². The summed E-state index contributed by atoms with van der Waals surface area (Å²) in [6.07, 6.45) is 4.25. The topological polar surface area (TPSA) is 57.5 Å². The van der Waals surface area contributed by atoms with Crippen molar-refractivity contribution in [3.8, 4) is 0 Å². The highest BCUT2D eigenvalue weighted by molar-refractivity contribution is 7.99. The Labute approximate surface area is 96.3 Å². The van der Waals surface area contributed by atoms with E-state index < -0.39 is 12.1 Å². The fourth-order valence-corrected chi connectivity index (χ4v) is 2.21. The van der Waals surface area contributed by atoms with E-state index in [1.807, 2.05) is 11.8 Å². The molecule has 0 radical (unpaired) electrons. The molecule has 0 aromatic carbocycles. The highest BCUT2D eigenvalue weighted by atomic mass is 32.2. The van der Waals surface area contributed by atoms with Gasteiger partial charge in [-0.25, -0.2) is 0 Å². The van der Waals surface area contributed by atoms with Crippen LogP contribution in [0.1, 0.15) is 45.4 Å². The molecule has 0 aromatic rings. The van der Waals surface area contributed by atoms with Crippen molar-refractivity contribution in [3.05, 3.63) is 0 Å². The minimum Gasteiger partial charge on any atom is -0.481 e. The number of carboxylic acid groups (broad SMARTS) is 1. The Morgan fingerprint density at radius 2 is 2.00 bits per heavy atom. The molecule has 0 aliphatic carbocycles. The Hall–Kier alpha value is -0.220. The van der Waals surface area contributed by atoms with E-state index in [9.17, 15) is 9.90 Å². The van der Waals surface area contributed by atoms with Crippen molar-refractivity contribution in [1.29, 1.82) is 0 Å². The van der Waals surface area contributed by atoms with E-state index in [2.05, 4.69) is 6.92 Å². The number of aliphatic hydroxyl groups is 1. The van der Waals surface area contributed by atoms with Gasteiger partial charge in [0.15, 0.2) is 0 Å². The zero-order valence-electron chi connectivity index (χ0n) is 9.45. The Morgan fingerprint density at radius 1 is 1.27 bits per heavy atom. The molecule has 0 aliphatic heterocycles. The van der Waals surface area contributed by atoms with Gasteiger partial charge in [-0.1, -0.05) is 19.8 Å². The molecule has 0 rings (SSSR count). The number of hydrogen-bond acceptors (Lipinski definition) is 3. The molecule has 0 amide bonds. The fraction of sp³-hybridized carbons (Fsp3) is 0.909. The SMILES string of the molecule is CCCSCCCCCC(O)CC(=O)O. The standard InChI is InChI=1S/C11H22O3S/c1-2-7-15-8-5-3-4-6-10(12)9-11(13)14/h10,12H,2-9H2,1H3,(H,13,14). The maximum atomic E-state index is 10.3. The summed E-state index contributed by atoms with van der Waals surface area (Å²) in [5.74, 6) is 1.49. The van der Waals surface area contributed by atoms with Crippen molar-refractivity contribution in [2.45, 2.75) is 51.6 Å². The molecule has 0 heterocycles. The van der Waals surface area contributed by atoms with Crippen LogP contribution in [0.4, 0.5) is 0 Å². The van der Waals surface area contributed by atoms with Crippen LogP contribution in [-0.4, -0.2) is 33.8 Å². The maximum absolute atomic E-state index is 10.3. The first-order valence-corrected chi connectivity index (χ1v) is 6.80. The van der Waals surface area contributed by atoms with Gasteiger partial charge in [-0.2, -0.15) is 11.8 Å². The number of aliphatic carboxylic acids is 1. The molecule has 0 aromatic heterocycles. The van der Waals surface area contributed by atoms with Gasteiger partial charge in [-0.05, 0) is 30.8 Å². The third kappa shape index (κ3) is 11.7. The summed E-state index contributed by atoms with van der Waals surface area (Å²) in [5.41, 5.74) is 0. The summed E-state index contributed by atoms with van der Waals surface area (Å²) in [7, 11) is 0. The van der Waals surface area contributed by atoms with E-state index in [4.69, 9.17) is 5.11 Å². The second-order valence-electron chi connectivity index (χ2n) is 3.71. The van der Waals surface area contributed by atoms with E-state index in [1.165, 1.54) is 24.3 Å². The Morgan fingerprint density at radius 3 is 2.60 bits per heavy atom. The molecule has 0 saturated carbocycles. The molecular formula is C11H22O3S. The third-order valence-corrected chi connectivity index (χ3v) is 3.36. The van der Waals surface area contributed by atoms with Crippen molar-refractivity contribution in [3.63, 3.8) is 0 Å². The molecule has 0 spiro atoms. The molecule has 4 heteroatoms. The lowest BCUT2D eigenvalue weighted by molar-refractivity contribution is -0.139. The minimum absolute atomic E-state index is 0.120. The summed E-state index contributed by atoms with van der Waals surface area (Å²) < 4.78 is 0. The van der Waals surface area contributed by atoms with Gasteiger partial charge in [0.2, 0.25) is 0 Å². The first-order valence-electron chi connectivity index (χ1n) is 5.64. The molecule has 90 valence electrons. The number of hydrogen-bond donors (Lipinski definition) is 2. The fourth-order valence-electron chi connectivity index (χ4n) is 1.31. The van der Waals surface area contributed by atoms with Gasteiger partial charge in [-0.3, -0.25) is 4.79 Å². The summed E-state index contributed by atoms with van der Waals surface area (Å²) in [4.78, 5) is 10.3. The van der Waals surface area contributed by atoms with Crippen molar-refractivity contribution < 1.29 is 15.0 Å². The van der Waals surface area contributed by atoms with Crippen LogP contribution in [0.3, 0.4) is 0 Å². The summed E-state index contributed by atoms with van der Waals surface area (Å²) in [5, 5.41) is 17.7. The predicted molar refractivity (Wildman–Crippen MR) is 64.3 cm³/mol. The molecule has 0 saturated heterocycles. The Kier molecular flexibility index (Phi) is 10.2. The van der Waals surface area contributed by atoms with Crippen molar-refractivity contribution in [1.82, 2.24) is 0 Å². The normalized spacial score (nSPS) is 12.7. The molecule has 0 fully saturated rings. The largest absolute Gasteiger partial charge is 0.481 e. The predicted octanol–water partition coefficient (Wildman–Crippen LogP) is 2.53. The van der Waals surface area contributed by atoms with Crippen LogP contribution in [0.15, 0.2) is 0 Å². The molecule has 3 nitrogen and oxygen atoms in total. The highest BCUT2D eigenvalue weighted by Crippen LogP contribution is 2.10. The van der Waals surface area contributed by atoms with Gasteiger partial charge < -0.3 is 10.2 Å². The highest BCUT2D eigenvalue weighted by Gasteiger charge is 2.08. The van der Waals surface area contributed by atoms with E-state index in [1.54, 1.807) is 0 Å². The summed E-state index contributed by atoms with van der Waals surface area (Å²) in [6.45, 7) is 2.18. The van der Waals surface area contributed by atoms with E-state index >= 15 is 0 Å². The molecule has 15 heavy (non-hydrogen) atoms. The lowest BCUT2D eigenvalue weighted by Gasteiger charge is -2.06. The molecule has 1 unspecified atom stereocenters. The first kappa shape index (κ1) is 14.8. The molecule has 1 atom stereocenters. The second kappa shape index (κ2) is 10.3. The quantitative estimate of drug-likeness (QED) is 0.570. The number of thioether (sulfide) groups is 1. The van der Waals surface area contributed by atoms with E-state index in [0.717, 1.165) is 12.8 Å². The van der Waals surface area contributed by atoms with Crippen molar-refractivity contribution in [2.24, 2.45) is 0 Å². The second-order valence-corrected chi connectivity index (χ2v) is 4.94. The average molecular weight is 234 g/mol. The van der Waals surface area contributed by atoms with Crippen LogP contribution >= 0.6 is 11.8 Å². The third-order valence-electron chi connectivity index (χ3n) is 2.08. The van der Waals surface area contributed by atoms with Crippen LogP contribution in [0.5, 0.6) is 0 Å². The summed E-state index contributed by atoms with van der Waals surface area (Å²) in [6, 6.07) is 0. The van der Waals surface area contributed by atoms with Crippen molar-refractivity contribution in [2.75, 3.05) is 11.5 Å². The maximum Gasteiger partial charge on any atom is 0.305 e. The summed E-state index contributed by atoms with van der Waals surface area (Å²) >= 11 is 1.97. The Balaban J connectivity index is 3.13.